The summed E-state index contributed by atoms with van der Waals surface area (Å²) in [4.78, 5) is 11.6. The highest BCUT2D eigenvalue weighted by Gasteiger charge is 2.66. The molecule has 0 aromatic rings. The highest BCUT2D eigenvalue weighted by molar-refractivity contribution is 6.74. The van der Waals surface area contributed by atoms with Gasteiger partial charge in [-0.1, -0.05) is 81.7 Å². The number of hydrogen-bond acceptors (Lipinski definition) is 4. The van der Waals surface area contributed by atoms with Gasteiger partial charge in [0.25, 0.3) is 0 Å². The number of carbonyl (C=O) groups excluding carboxylic acids is 1. The maximum absolute atomic E-state index is 11.6. The molecule has 0 saturated heterocycles. The average Bonchev–Trinajstić information content (AvgIpc) is 3.31. The van der Waals surface area contributed by atoms with E-state index in [-0.39, 0.29) is 16.0 Å². The van der Waals surface area contributed by atoms with Crippen molar-refractivity contribution in [3.05, 3.63) is 12.2 Å². The molecule has 4 rings (SSSR count). The Balaban J connectivity index is 1.68. The lowest BCUT2D eigenvalue weighted by Crippen LogP contribution is -2.65. The lowest BCUT2D eigenvalue weighted by Gasteiger charge is -2.66. The summed E-state index contributed by atoms with van der Waals surface area (Å²) in [5, 5.41) is 0.440. The zero-order valence-electron chi connectivity index (χ0n) is 33.6. The first-order valence-electron chi connectivity index (χ1n) is 19.6. The van der Waals surface area contributed by atoms with Gasteiger partial charge in [0, 0.05) is 12.2 Å². The van der Waals surface area contributed by atoms with Crippen molar-refractivity contribution >= 4 is 22.6 Å². The van der Waals surface area contributed by atoms with Crippen LogP contribution >= 0.6 is 0 Å². The van der Waals surface area contributed by atoms with Crippen molar-refractivity contribution in [3.8, 4) is 0 Å². The van der Waals surface area contributed by atoms with E-state index in [0.717, 1.165) is 30.6 Å². The number of methoxy groups -OCH3 is 1. The summed E-state index contributed by atoms with van der Waals surface area (Å²) in [6.07, 6.45) is 16.9. The van der Waals surface area contributed by atoms with Gasteiger partial charge < -0.3 is 13.6 Å². The Hall–Kier alpha value is -0.436. The number of fused-ring (bicyclic) bond motifs is 5. The fraction of sp³-hybridized carbons (Fsp3) is 0.927. The van der Waals surface area contributed by atoms with Gasteiger partial charge in [-0.3, -0.25) is 0 Å². The summed E-state index contributed by atoms with van der Waals surface area (Å²) in [5.41, 5.74) is 0.738. The Labute approximate surface area is 293 Å². The minimum Gasteiger partial charge on any atom is -0.466 e. The van der Waals surface area contributed by atoms with Crippen molar-refractivity contribution < 1.29 is 18.4 Å². The van der Waals surface area contributed by atoms with Gasteiger partial charge in [0.05, 0.1) is 13.2 Å². The number of esters is 1. The monoisotopic (exact) mass is 689 g/mol. The van der Waals surface area contributed by atoms with Crippen LogP contribution in [0.4, 0.5) is 0 Å². The van der Waals surface area contributed by atoms with E-state index in [9.17, 15) is 4.79 Å². The van der Waals surface area contributed by atoms with E-state index in [1.54, 1.807) is 6.08 Å². The molecule has 0 aliphatic heterocycles. The number of carbonyl (C=O) groups is 1. The van der Waals surface area contributed by atoms with Gasteiger partial charge in [-0.2, -0.15) is 0 Å². The summed E-state index contributed by atoms with van der Waals surface area (Å²) in [6, 6.07) is 0. The highest BCUT2D eigenvalue weighted by Crippen LogP contribution is 2.70. The Morgan fingerprint density at radius 2 is 1.43 bits per heavy atom. The first-order valence-corrected chi connectivity index (χ1v) is 25.5. The Kier molecular flexibility index (Phi) is 11.7. The van der Waals surface area contributed by atoms with E-state index in [1.807, 2.05) is 6.08 Å². The maximum Gasteiger partial charge on any atom is 0.330 e. The molecule has 4 saturated carbocycles. The number of ether oxygens (including phenoxy) is 1. The van der Waals surface area contributed by atoms with E-state index in [4.69, 9.17) is 13.6 Å². The zero-order valence-corrected chi connectivity index (χ0v) is 35.6. The van der Waals surface area contributed by atoms with Crippen LogP contribution < -0.4 is 0 Å². The van der Waals surface area contributed by atoms with Crippen molar-refractivity contribution in [3.63, 3.8) is 0 Å². The fourth-order valence-electron chi connectivity index (χ4n) is 11.1. The molecule has 0 bridgehead atoms. The third-order valence-electron chi connectivity index (χ3n) is 15.8. The predicted octanol–water partition coefficient (Wildman–Crippen LogP) is 11.8. The zero-order chi connectivity index (χ0) is 35.4. The molecule has 4 nitrogen and oxygen atoms in total. The first kappa shape index (κ1) is 39.4. The highest BCUT2D eigenvalue weighted by atomic mass is 28.4. The van der Waals surface area contributed by atoms with Gasteiger partial charge in [-0.25, -0.2) is 4.79 Å². The fourth-order valence-corrected chi connectivity index (χ4v) is 13.8. The lowest BCUT2D eigenvalue weighted by molar-refractivity contribution is -0.198. The van der Waals surface area contributed by atoms with Crippen LogP contribution in [0, 0.1) is 52.3 Å². The number of allylic oxidation sites excluding steroid dienone is 1. The molecule has 0 radical (unpaired) electrons. The van der Waals surface area contributed by atoms with Crippen molar-refractivity contribution in [1.29, 1.82) is 0 Å². The molecule has 4 aliphatic rings. The van der Waals surface area contributed by atoms with E-state index in [2.05, 4.69) is 95.4 Å². The van der Waals surface area contributed by atoms with Gasteiger partial charge in [0.15, 0.2) is 16.6 Å². The molecule has 0 N–H and O–H groups in total. The van der Waals surface area contributed by atoms with Crippen LogP contribution in [-0.4, -0.2) is 41.9 Å². The molecule has 272 valence electrons. The molecular formula is C41H76O4Si2. The minimum absolute atomic E-state index is 0.199. The molecule has 0 spiro atoms. The summed E-state index contributed by atoms with van der Waals surface area (Å²) >= 11 is 0. The smallest absolute Gasteiger partial charge is 0.330 e. The van der Waals surface area contributed by atoms with Crippen molar-refractivity contribution in [2.24, 2.45) is 52.3 Å². The van der Waals surface area contributed by atoms with Crippen LogP contribution in [0.1, 0.15) is 133 Å². The second-order valence-corrected chi connectivity index (χ2v) is 29.8. The van der Waals surface area contributed by atoms with E-state index in [0.29, 0.717) is 46.7 Å². The lowest BCUT2D eigenvalue weighted by atomic mass is 9.41. The minimum atomic E-state index is -2.00. The SMILES string of the molecule is CC[C@H]1C(O[Si](C)(C)C(C)(C)C)C2C3CC[C@H]([C@H](C)CC/C=C/C(=O)OC)[C@@]3(C)CCC2[C@@]2(C)CCC(O[Si](C)(C)C(C)(C)C)C[C@@H]12. The number of rotatable bonds is 10. The van der Waals surface area contributed by atoms with Gasteiger partial charge in [0.2, 0.25) is 0 Å². The first-order chi connectivity index (χ1) is 21.5. The Bertz CT molecular complexity index is 1120. The summed E-state index contributed by atoms with van der Waals surface area (Å²) in [5.74, 6) is 4.57. The predicted molar refractivity (Wildman–Crippen MR) is 203 cm³/mol. The van der Waals surface area contributed by atoms with Crippen molar-refractivity contribution in [2.45, 2.75) is 182 Å². The molecule has 4 aliphatic carbocycles. The molecule has 6 heteroatoms. The summed E-state index contributed by atoms with van der Waals surface area (Å²) in [6.45, 7) is 34.8. The number of hydrogen-bond donors (Lipinski definition) is 0. The van der Waals surface area contributed by atoms with Crippen LogP contribution in [0.2, 0.25) is 36.3 Å². The normalized spacial score (nSPS) is 38.9. The second-order valence-electron chi connectivity index (χ2n) is 20.3. The largest absolute Gasteiger partial charge is 0.466 e. The molecule has 5 unspecified atom stereocenters. The molecule has 4 fully saturated rings. The van der Waals surface area contributed by atoms with Crippen LogP contribution in [-0.2, 0) is 18.4 Å². The van der Waals surface area contributed by atoms with Crippen LogP contribution in [0.25, 0.3) is 0 Å². The van der Waals surface area contributed by atoms with Gasteiger partial charge in [0.1, 0.15) is 0 Å². The summed E-state index contributed by atoms with van der Waals surface area (Å²) in [7, 11) is -2.38. The van der Waals surface area contributed by atoms with Gasteiger partial charge >= 0.3 is 5.97 Å². The quantitative estimate of drug-likeness (QED) is 0.130. The molecule has 11 atom stereocenters. The molecule has 0 amide bonds. The van der Waals surface area contributed by atoms with E-state index < -0.39 is 16.6 Å². The van der Waals surface area contributed by atoms with Gasteiger partial charge in [-0.05, 0) is 146 Å². The molecule has 0 heterocycles. The standard InChI is InChI=1S/C41H76O4Si2/c1-16-30-34-27-29(44-46(12,13)38(3,4)5)23-25-41(34,10)33-24-26-40(9)31(28(2)19-17-18-20-35(42)43-11)21-22-32(40)36(33)37(30)45-47(14,15)39(6,7)8/h18,20,28-34,36-37H,16-17,19,21-27H2,1-15H3/b20-18+/t28-,29?,30-,31-,32?,33?,34+,36?,37?,40-,41-/m1/s1. The molecule has 0 aromatic carbocycles. The molecule has 47 heavy (non-hydrogen) atoms. The average molecular weight is 689 g/mol. The van der Waals surface area contributed by atoms with Crippen molar-refractivity contribution in [1.82, 2.24) is 0 Å². The van der Waals surface area contributed by atoms with E-state index >= 15 is 0 Å². The maximum atomic E-state index is 11.6. The molecule has 0 aromatic heterocycles. The Morgan fingerprint density at radius 1 is 0.851 bits per heavy atom. The third-order valence-corrected chi connectivity index (χ3v) is 24.9. The Morgan fingerprint density at radius 3 is 2.00 bits per heavy atom. The van der Waals surface area contributed by atoms with Crippen molar-refractivity contribution in [2.75, 3.05) is 7.11 Å². The van der Waals surface area contributed by atoms with Crippen LogP contribution in [0.5, 0.6) is 0 Å². The topological polar surface area (TPSA) is 44.8 Å². The third kappa shape index (κ3) is 7.47. The van der Waals surface area contributed by atoms with Crippen LogP contribution in [0.15, 0.2) is 12.2 Å². The summed E-state index contributed by atoms with van der Waals surface area (Å²) < 4.78 is 19.9. The van der Waals surface area contributed by atoms with Crippen LogP contribution in [0.3, 0.4) is 0 Å². The van der Waals surface area contributed by atoms with E-state index in [1.165, 1.54) is 58.5 Å². The van der Waals surface area contributed by atoms with Gasteiger partial charge in [-0.15, -0.1) is 0 Å². The second kappa shape index (κ2) is 13.9. The molecular weight excluding hydrogens is 613 g/mol.